The minimum absolute atomic E-state index is 0.700. The van der Waals surface area contributed by atoms with E-state index in [1.807, 2.05) is 0 Å². The summed E-state index contributed by atoms with van der Waals surface area (Å²) in [7, 11) is 0. The van der Waals surface area contributed by atoms with E-state index in [1.165, 1.54) is 42.9 Å². The zero-order valence-electron chi connectivity index (χ0n) is 12.4. The Kier molecular flexibility index (Phi) is 4.37. The Morgan fingerprint density at radius 1 is 1.00 bits per heavy atom. The third kappa shape index (κ3) is 2.88. The fourth-order valence-corrected chi connectivity index (χ4v) is 3.72. The van der Waals surface area contributed by atoms with E-state index < -0.39 is 0 Å². The van der Waals surface area contributed by atoms with Crippen LogP contribution in [0.3, 0.4) is 0 Å². The normalized spacial score (nSPS) is 23.6. The van der Waals surface area contributed by atoms with Crippen LogP contribution in [0.15, 0.2) is 42.5 Å². The number of rotatable bonds is 3. The highest BCUT2D eigenvalue weighted by molar-refractivity contribution is 5.86. The molecule has 20 heavy (non-hydrogen) atoms. The molecule has 0 heterocycles. The average Bonchev–Trinajstić information content (AvgIpc) is 2.73. The standard InChI is InChI=1S/C19H25N/c1-2-20-17-11-5-3-9-16(14-17)19-13-7-10-15-8-4-6-12-18(15)19/h4,6-8,10,12-13,16-17,20H,2-3,5,9,11,14H2,1H3. The Labute approximate surface area is 122 Å². The molecule has 1 nitrogen and oxygen atoms in total. The van der Waals surface area contributed by atoms with Crippen molar-refractivity contribution in [2.75, 3.05) is 6.54 Å². The van der Waals surface area contributed by atoms with Crippen molar-refractivity contribution in [3.05, 3.63) is 48.0 Å². The minimum Gasteiger partial charge on any atom is -0.314 e. The van der Waals surface area contributed by atoms with Gasteiger partial charge in [0.2, 0.25) is 0 Å². The van der Waals surface area contributed by atoms with Gasteiger partial charge in [0.15, 0.2) is 0 Å². The molecule has 1 aliphatic carbocycles. The Balaban J connectivity index is 1.92. The molecular formula is C19H25N. The lowest BCUT2D eigenvalue weighted by molar-refractivity contribution is 0.450. The molecule has 106 valence electrons. The highest BCUT2D eigenvalue weighted by atomic mass is 14.9. The van der Waals surface area contributed by atoms with Crippen LogP contribution in [0.2, 0.25) is 0 Å². The van der Waals surface area contributed by atoms with Crippen molar-refractivity contribution in [2.45, 2.75) is 51.0 Å². The van der Waals surface area contributed by atoms with Crippen LogP contribution < -0.4 is 5.32 Å². The zero-order valence-corrected chi connectivity index (χ0v) is 12.4. The fraction of sp³-hybridized carbons (Fsp3) is 0.474. The van der Waals surface area contributed by atoms with Gasteiger partial charge in [-0.3, -0.25) is 0 Å². The quantitative estimate of drug-likeness (QED) is 0.783. The lowest BCUT2D eigenvalue weighted by atomic mass is 9.87. The van der Waals surface area contributed by atoms with Gasteiger partial charge in [-0.05, 0) is 48.1 Å². The molecule has 2 aromatic carbocycles. The van der Waals surface area contributed by atoms with Gasteiger partial charge in [-0.1, -0.05) is 62.2 Å². The Hall–Kier alpha value is -1.34. The van der Waals surface area contributed by atoms with Gasteiger partial charge in [0.1, 0.15) is 0 Å². The van der Waals surface area contributed by atoms with Crippen LogP contribution in [0.4, 0.5) is 0 Å². The molecule has 1 heteroatoms. The van der Waals surface area contributed by atoms with E-state index in [9.17, 15) is 0 Å². The van der Waals surface area contributed by atoms with Crippen molar-refractivity contribution < 1.29 is 0 Å². The van der Waals surface area contributed by atoms with E-state index in [0.29, 0.717) is 12.0 Å². The summed E-state index contributed by atoms with van der Waals surface area (Å²) >= 11 is 0. The molecule has 1 fully saturated rings. The van der Waals surface area contributed by atoms with E-state index in [1.54, 1.807) is 5.56 Å². The SMILES string of the molecule is CCNC1CCCCC(c2cccc3ccccc23)C1. The molecule has 2 aromatic rings. The first-order valence-electron chi connectivity index (χ1n) is 8.09. The van der Waals surface area contributed by atoms with E-state index in [0.717, 1.165) is 6.54 Å². The first-order chi connectivity index (χ1) is 9.88. The van der Waals surface area contributed by atoms with Crippen LogP contribution in [0.1, 0.15) is 50.5 Å². The van der Waals surface area contributed by atoms with E-state index >= 15 is 0 Å². The fourth-order valence-electron chi connectivity index (χ4n) is 3.72. The van der Waals surface area contributed by atoms with Crippen LogP contribution in [0, 0.1) is 0 Å². The molecule has 0 saturated heterocycles. The van der Waals surface area contributed by atoms with Gasteiger partial charge in [-0.15, -0.1) is 0 Å². The number of nitrogens with one attached hydrogen (secondary N) is 1. The molecule has 0 aromatic heterocycles. The first kappa shape index (κ1) is 13.6. The first-order valence-corrected chi connectivity index (χ1v) is 8.09. The van der Waals surface area contributed by atoms with Gasteiger partial charge in [-0.25, -0.2) is 0 Å². The molecule has 0 amide bonds. The highest BCUT2D eigenvalue weighted by Gasteiger charge is 2.22. The lowest BCUT2D eigenvalue weighted by Crippen LogP contribution is -2.29. The van der Waals surface area contributed by atoms with E-state index in [-0.39, 0.29) is 0 Å². The number of benzene rings is 2. The summed E-state index contributed by atoms with van der Waals surface area (Å²) in [6, 6.07) is 16.3. The summed E-state index contributed by atoms with van der Waals surface area (Å²) in [5, 5.41) is 6.51. The Morgan fingerprint density at radius 3 is 2.70 bits per heavy atom. The summed E-state index contributed by atoms with van der Waals surface area (Å²) in [6.45, 7) is 3.31. The highest BCUT2D eigenvalue weighted by Crippen LogP contribution is 2.35. The van der Waals surface area contributed by atoms with Crippen molar-refractivity contribution in [3.8, 4) is 0 Å². The lowest BCUT2D eigenvalue weighted by Gasteiger charge is -2.22. The third-order valence-electron chi connectivity index (χ3n) is 4.68. The van der Waals surface area contributed by atoms with Gasteiger partial charge in [0.25, 0.3) is 0 Å². The maximum Gasteiger partial charge on any atom is 0.00727 e. The average molecular weight is 267 g/mol. The Bertz CT molecular complexity index is 555. The summed E-state index contributed by atoms with van der Waals surface area (Å²) in [5.74, 6) is 0.715. The van der Waals surface area contributed by atoms with Crippen molar-refractivity contribution in [1.29, 1.82) is 0 Å². The number of hydrogen-bond donors (Lipinski definition) is 1. The minimum atomic E-state index is 0.700. The molecule has 3 rings (SSSR count). The summed E-state index contributed by atoms with van der Waals surface area (Å²) in [4.78, 5) is 0. The topological polar surface area (TPSA) is 12.0 Å². The molecule has 1 saturated carbocycles. The monoisotopic (exact) mass is 267 g/mol. The molecule has 1 aliphatic rings. The van der Waals surface area contributed by atoms with Gasteiger partial charge < -0.3 is 5.32 Å². The van der Waals surface area contributed by atoms with Crippen molar-refractivity contribution >= 4 is 10.8 Å². The molecule has 0 radical (unpaired) electrons. The van der Waals surface area contributed by atoms with Crippen molar-refractivity contribution in [1.82, 2.24) is 5.32 Å². The molecule has 0 aliphatic heterocycles. The summed E-state index contributed by atoms with van der Waals surface area (Å²) in [5.41, 5.74) is 1.56. The van der Waals surface area contributed by atoms with Gasteiger partial charge in [0, 0.05) is 6.04 Å². The molecular weight excluding hydrogens is 242 g/mol. The van der Waals surface area contributed by atoms with E-state index in [2.05, 4.69) is 54.7 Å². The van der Waals surface area contributed by atoms with Crippen molar-refractivity contribution in [3.63, 3.8) is 0 Å². The predicted octanol–water partition coefficient (Wildman–Crippen LogP) is 4.87. The van der Waals surface area contributed by atoms with E-state index in [4.69, 9.17) is 0 Å². The molecule has 0 bridgehead atoms. The molecule has 0 spiro atoms. The molecule has 1 N–H and O–H groups in total. The van der Waals surface area contributed by atoms with Crippen LogP contribution in [0.25, 0.3) is 10.8 Å². The predicted molar refractivity (Wildman–Crippen MR) is 87.2 cm³/mol. The van der Waals surface area contributed by atoms with Crippen LogP contribution in [0.5, 0.6) is 0 Å². The van der Waals surface area contributed by atoms with Gasteiger partial charge >= 0.3 is 0 Å². The van der Waals surface area contributed by atoms with Crippen LogP contribution in [-0.4, -0.2) is 12.6 Å². The second-order valence-electron chi connectivity index (χ2n) is 6.04. The Morgan fingerprint density at radius 2 is 1.80 bits per heavy atom. The largest absolute Gasteiger partial charge is 0.314 e. The molecule has 2 unspecified atom stereocenters. The second-order valence-corrected chi connectivity index (χ2v) is 6.04. The summed E-state index contributed by atoms with van der Waals surface area (Å²) in [6.07, 6.45) is 6.72. The summed E-state index contributed by atoms with van der Waals surface area (Å²) < 4.78 is 0. The van der Waals surface area contributed by atoms with Crippen LogP contribution in [-0.2, 0) is 0 Å². The third-order valence-corrected chi connectivity index (χ3v) is 4.68. The van der Waals surface area contributed by atoms with Gasteiger partial charge in [-0.2, -0.15) is 0 Å². The maximum absolute atomic E-state index is 3.67. The number of hydrogen-bond acceptors (Lipinski definition) is 1. The smallest absolute Gasteiger partial charge is 0.00727 e. The van der Waals surface area contributed by atoms with Crippen molar-refractivity contribution in [2.24, 2.45) is 0 Å². The van der Waals surface area contributed by atoms with Crippen LogP contribution >= 0.6 is 0 Å². The number of fused-ring (bicyclic) bond motifs is 1. The molecule has 2 atom stereocenters. The second kappa shape index (κ2) is 6.41. The maximum atomic E-state index is 3.67. The zero-order chi connectivity index (χ0) is 13.8. The van der Waals surface area contributed by atoms with Gasteiger partial charge in [0.05, 0.1) is 0 Å².